The van der Waals surface area contributed by atoms with Crippen molar-refractivity contribution < 1.29 is 9.47 Å². The zero-order valence-corrected chi connectivity index (χ0v) is 21.5. The fourth-order valence-electron chi connectivity index (χ4n) is 5.27. The second kappa shape index (κ2) is 11.0. The van der Waals surface area contributed by atoms with E-state index in [1.165, 1.54) is 37.8 Å². The normalized spacial score (nSPS) is 20.7. The third-order valence-electron chi connectivity index (χ3n) is 6.92. The molecule has 0 radical (unpaired) electrons. The van der Waals surface area contributed by atoms with Crippen LogP contribution in [-0.4, -0.2) is 35.0 Å². The first-order chi connectivity index (χ1) is 17.2. The molecule has 8 heteroatoms. The van der Waals surface area contributed by atoms with Gasteiger partial charge in [0, 0.05) is 36.9 Å². The van der Waals surface area contributed by atoms with Gasteiger partial charge in [0.15, 0.2) is 5.11 Å². The van der Waals surface area contributed by atoms with E-state index in [-0.39, 0.29) is 12.1 Å². The molecular weight excluding hydrogens is 480 g/mol. The topological polar surface area (TPSA) is 51.6 Å². The summed E-state index contributed by atoms with van der Waals surface area (Å²) in [7, 11) is 1.65. The monoisotopic (exact) mass is 510 g/mol. The Morgan fingerprint density at radius 1 is 1.09 bits per heavy atom. The van der Waals surface area contributed by atoms with Crippen molar-refractivity contribution in [3.63, 3.8) is 0 Å². The Hall–Kier alpha value is -2.61. The summed E-state index contributed by atoms with van der Waals surface area (Å²) >= 11 is 12.5. The molecule has 1 N–H and O–H groups in total. The van der Waals surface area contributed by atoms with Crippen molar-refractivity contribution in [1.82, 2.24) is 14.9 Å². The van der Waals surface area contributed by atoms with Crippen LogP contribution in [0.5, 0.6) is 5.75 Å². The van der Waals surface area contributed by atoms with E-state index >= 15 is 0 Å². The summed E-state index contributed by atoms with van der Waals surface area (Å²) in [5.41, 5.74) is 3.12. The molecule has 1 aliphatic carbocycles. The maximum Gasteiger partial charge on any atom is 0.174 e. The lowest BCUT2D eigenvalue weighted by molar-refractivity contribution is 0.146. The molecule has 1 aromatic carbocycles. The standard InChI is InChI=1S/C27H31ClN4O2S/c1-33-16-17-34-24-13-12-20(18-21(24)28)32-26(25(30-27(32)35)22-10-5-6-14-29-22)23-11-7-15-31(23)19-8-3-2-4-9-19/h5-7,10-15,18-19,25-26H,2-4,8-9,16-17H2,1H3,(H,30,35)/t25-,26-/m1/s1. The summed E-state index contributed by atoms with van der Waals surface area (Å²) in [5.74, 6) is 0.633. The number of nitrogens with zero attached hydrogens (tertiary/aromatic N) is 3. The number of thiocarbonyl (C=S) groups is 1. The Kier molecular flexibility index (Phi) is 7.56. The molecule has 2 aliphatic rings. The van der Waals surface area contributed by atoms with Gasteiger partial charge in [-0.2, -0.15) is 0 Å². The fraction of sp³-hybridized carbons (Fsp3) is 0.407. The largest absolute Gasteiger partial charge is 0.490 e. The van der Waals surface area contributed by atoms with E-state index in [0.29, 0.717) is 35.1 Å². The smallest absolute Gasteiger partial charge is 0.174 e. The number of anilines is 1. The second-order valence-electron chi connectivity index (χ2n) is 9.08. The zero-order chi connectivity index (χ0) is 24.2. The van der Waals surface area contributed by atoms with E-state index in [9.17, 15) is 0 Å². The van der Waals surface area contributed by atoms with Gasteiger partial charge >= 0.3 is 0 Å². The first kappa shape index (κ1) is 24.1. The molecule has 1 saturated carbocycles. The highest BCUT2D eigenvalue weighted by molar-refractivity contribution is 7.80. The van der Waals surface area contributed by atoms with Crippen LogP contribution in [0.4, 0.5) is 5.69 Å². The molecule has 3 heterocycles. The molecule has 1 saturated heterocycles. The number of hydrogen-bond donors (Lipinski definition) is 1. The van der Waals surface area contributed by atoms with Gasteiger partial charge in [0.1, 0.15) is 18.4 Å². The van der Waals surface area contributed by atoms with Crippen molar-refractivity contribution >= 4 is 34.6 Å². The number of benzene rings is 1. The van der Waals surface area contributed by atoms with E-state index in [4.69, 9.17) is 33.3 Å². The molecule has 35 heavy (non-hydrogen) atoms. The molecule has 0 unspecified atom stereocenters. The van der Waals surface area contributed by atoms with E-state index < -0.39 is 0 Å². The van der Waals surface area contributed by atoms with Gasteiger partial charge in [0.2, 0.25) is 0 Å². The first-order valence-corrected chi connectivity index (χ1v) is 13.0. The molecule has 0 amide bonds. The lowest BCUT2D eigenvalue weighted by atomic mass is 9.94. The van der Waals surface area contributed by atoms with E-state index in [2.05, 4.69) is 44.2 Å². The highest BCUT2D eigenvalue weighted by atomic mass is 35.5. The molecule has 0 bridgehead atoms. The maximum absolute atomic E-state index is 6.64. The Bertz CT molecular complexity index is 1150. The van der Waals surface area contributed by atoms with Crippen LogP contribution in [0.25, 0.3) is 0 Å². The minimum absolute atomic E-state index is 0.0642. The van der Waals surface area contributed by atoms with Crippen molar-refractivity contribution in [2.75, 3.05) is 25.2 Å². The van der Waals surface area contributed by atoms with Gasteiger partial charge in [-0.3, -0.25) is 4.98 Å². The molecule has 184 valence electrons. The number of hydrogen-bond acceptors (Lipinski definition) is 4. The summed E-state index contributed by atoms with van der Waals surface area (Å²) in [6.07, 6.45) is 10.3. The van der Waals surface area contributed by atoms with Gasteiger partial charge in [-0.05, 0) is 67.5 Å². The molecule has 1 aliphatic heterocycles. The van der Waals surface area contributed by atoms with Crippen LogP contribution >= 0.6 is 23.8 Å². The van der Waals surface area contributed by atoms with Crippen molar-refractivity contribution in [3.8, 4) is 5.75 Å². The highest BCUT2D eigenvalue weighted by Gasteiger charge is 2.42. The van der Waals surface area contributed by atoms with Crippen LogP contribution in [-0.2, 0) is 4.74 Å². The average molecular weight is 511 g/mol. The Morgan fingerprint density at radius 2 is 1.94 bits per heavy atom. The molecular formula is C27H31ClN4O2S. The minimum Gasteiger partial charge on any atom is -0.490 e. The second-order valence-corrected chi connectivity index (χ2v) is 9.88. The first-order valence-electron chi connectivity index (χ1n) is 12.3. The Labute approximate surface area is 217 Å². The van der Waals surface area contributed by atoms with Crippen molar-refractivity contribution in [2.24, 2.45) is 0 Å². The summed E-state index contributed by atoms with van der Waals surface area (Å²) in [6.45, 7) is 0.947. The minimum atomic E-state index is -0.0858. The van der Waals surface area contributed by atoms with Crippen LogP contribution in [0, 0.1) is 0 Å². The van der Waals surface area contributed by atoms with Gasteiger partial charge in [-0.15, -0.1) is 0 Å². The van der Waals surface area contributed by atoms with Crippen LogP contribution in [0.15, 0.2) is 60.9 Å². The average Bonchev–Trinajstić information content (AvgIpc) is 3.50. The van der Waals surface area contributed by atoms with Gasteiger partial charge in [-0.1, -0.05) is 36.9 Å². The molecule has 2 fully saturated rings. The third kappa shape index (κ3) is 5.03. The highest BCUT2D eigenvalue weighted by Crippen LogP contribution is 2.44. The maximum atomic E-state index is 6.64. The lowest BCUT2D eigenvalue weighted by Crippen LogP contribution is -2.31. The molecule has 6 nitrogen and oxygen atoms in total. The zero-order valence-electron chi connectivity index (χ0n) is 19.9. The van der Waals surface area contributed by atoms with Crippen molar-refractivity contribution in [3.05, 3.63) is 77.3 Å². The predicted molar refractivity (Wildman–Crippen MR) is 143 cm³/mol. The summed E-state index contributed by atoms with van der Waals surface area (Å²) < 4.78 is 13.3. The lowest BCUT2D eigenvalue weighted by Gasteiger charge is -2.32. The summed E-state index contributed by atoms with van der Waals surface area (Å²) in [6, 6.07) is 16.6. The summed E-state index contributed by atoms with van der Waals surface area (Å²) in [5, 5.41) is 4.76. The van der Waals surface area contributed by atoms with Gasteiger partial charge in [0.25, 0.3) is 0 Å². The molecule has 5 rings (SSSR count). The number of ether oxygens (including phenoxy) is 2. The number of aromatic nitrogens is 2. The fourth-order valence-corrected chi connectivity index (χ4v) is 5.85. The van der Waals surface area contributed by atoms with Gasteiger partial charge in [0.05, 0.1) is 23.4 Å². The van der Waals surface area contributed by atoms with Crippen molar-refractivity contribution in [1.29, 1.82) is 0 Å². The number of nitrogens with one attached hydrogen (secondary N) is 1. The number of methoxy groups -OCH3 is 1. The SMILES string of the molecule is COCCOc1ccc(N2C(=S)N[C@H](c3ccccn3)[C@H]2c2cccn2C2CCCCC2)cc1Cl. The van der Waals surface area contributed by atoms with Crippen LogP contribution in [0.1, 0.15) is 61.6 Å². The van der Waals surface area contributed by atoms with Crippen LogP contribution in [0.3, 0.4) is 0 Å². The van der Waals surface area contributed by atoms with E-state index in [0.717, 1.165) is 11.4 Å². The van der Waals surface area contributed by atoms with E-state index in [1.54, 1.807) is 7.11 Å². The number of halogens is 1. The van der Waals surface area contributed by atoms with Crippen molar-refractivity contribution in [2.45, 2.75) is 50.2 Å². The number of rotatable bonds is 8. The predicted octanol–water partition coefficient (Wildman–Crippen LogP) is 6.24. The Balaban J connectivity index is 1.53. The molecule has 3 aromatic rings. The molecule has 0 spiro atoms. The third-order valence-corrected chi connectivity index (χ3v) is 7.53. The van der Waals surface area contributed by atoms with Crippen LogP contribution in [0.2, 0.25) is 5.02 Å². The molecule has 2 atom stereocenters. The number of pyridine rings is 1. The summed E-state index contributed by atoms with van der Waals surface area (Å²) in [4.78, 5) is 6.86. The Morgan fingerprint density at radius 3 is 2.69 bits per heavy atom. The van der Waals surface area contributed by atoms with Gasteiger partial charge < -0.3 is 24.3 Å². The molecule has 2 aromatic heterocycles. The van der Waals surface area contributed by atoms with Gasteiger partial charge in [-0.25, -0.2) is 0 Å². The van der Waals surface area contributed by atoms with Crippen LogP contribution < -0.4 is 15.0 Å². The van der Waals surface area contributed by atoms with E-state index in [1.807, 2.05) is 36.5 Å². The quantitative estimate of drug-likeness (QED) is 0.286.